The predicted molar refractivity (Wildman–Crippen MR) is 78.8 cm³/mol. The van der Waals surface area contributed by atoms with Crippen LogP contribution in [0.2, 0.25) is 0 Å². The maximum absolute atomic E-state index is 13.5. The van der Waals surface area contributed by atoms with Crippen molar-refractivity contribution < 1.29 is 4.39 Å². The molecule has 0 radical (unpaired) electrons. The van der Waals surface area contributed by atoms with Crippen LogP contribution in [0.1, 0.15) is 55.8 Å². The third-order valence-electron chi connectivity index (χ3n) is 4.38. The lowest BCUT2D eigenvalue weighted by atomic mass is 9.85. The standard InChI is InChI=1S/C17H26FN/c1-5-8-19-17(13(4)14-6-7-14)16-11(2)9-15(18)10-12(16)3/h9-10,13-14,17,19H,5-8H2,1-4H3. The smallest absolute Gasteiger partial charge is 0.123 e. The van der Waals surface area contributed by atoms with E-state index in [0.29, 0.717) is 12.0 Å². The van der Waals surface area contributed by atoms with E-state index in [9.17, 15) is 4.39 Å². The van der Waals surface area contributed by atoms with Gasteiger partial charge in [0.05, 0.1) is 0 Å². The van der Waals surface area contributed by atoms with Gasteiger partial charge in [0.2, 0.25) is 0 Å². The van der Waals surface area contributed by atoms with Crippen molar-refractivity contribution in [3.8, 4) is 0 Å². The molecule has 1 saturated carbocycles. The lowest BCUT2D eigenvalue weighted by molar-refractivity contribution is 0.347. The van der Waals surface area contributed by atoms with Crippen LogP contribution in [0.25, 0.3) is 0 Å². The summed E-state index contributed by atoms with van der Waals surface area (Å²) in [6, 6.07) is 3.71. The quantitative estimate of drug-likeness (QED) is 0.795. The molecule has 1 aromatic rings. The molecule has 1 aliphatic carbocycles. The first-order valence-electron chi connectivity index (χ1n) is 7.54. The van der Waals surface area contributed by atoms with E-state index in [-0.39, 0.29) is 5.82 Å². The van der Waals surface area contributed by atoms with Gasteiger partial charge < -0.3 is 5.32 Å². The highest BCUT2D eigenvalue weighted by Gasteiger charge is 2.34. The van der Waals surface area contributed by atoms with E-state index in [4.69, 9.17) is 0 Å². The van der Waals surface area contributed by atoms with Gasteiger partial charge in [-0.15, -0.1) is 0 Å². The third-order valence-corrected chi connectivity index (χ3v) is 4.38. The topological polar surface area (TPSA) is 12.0 Å². The van der Waals surface area contributed by atoms with Crippen molar-refractivity contribution in [1.82, 2.24) is 5.32 Å². The Morgan fingerprint density at radius 2 is 1.84 bits per heavy atom. The minimum absolute atomic E-state index is 0.118. The van der Waals surface area contributed by atoms with E-state index in [1.165, 1.54) is 18.4 Å². The molecule has 19 heavy (non-hydrogen) atoms. The van der Waals surface area contributed by atoms with E-state index in [1.54, 1.807) is 12.1 Å². The lowest BCUT2D eigenvalue weighted by Gasteiger charge is -2.29. The van der Waals surface area contributed by atoms with Crippen LogP contribution in [0, 0.1) is 31.5 Å². The largest absolute Gasteiger partial charge is 0.310 e. The second-order valence-electron chi connectivity index (χ2n) is 6.08. The number of aryl methyl sites for hydroxylation is 2. The van der Waals surface area contributed by atoms with Crippen LogP contribution in [0.3, 0.4) is 0 Å². The van der Waals surface area contributed by atoms with E-state index >= 15 is 0 Å². The zero-order chi connectivity index (χ0) is 14.0. The molecule has 1 aromatic carbocycles. The maximum atomic E-state index is 13.5. The van der Waals surface area contributed by atoms with Gasteiger partial charge in [-0.3, -0.25) is 0 Å². The van der Waals surface area contributed by atoms with Gasteiger partial charge in [0.1, 0.15) is 5.82 Å². The third kappa shape index (κ3) is 3.36. The van der Waals surface area contributed by atoms with E-state index in [0.717, 1.165) is 30.0 Å². The number of rotatable bonds is 6. The van der Waals surface area contributed by atoms with Gasteiger partial charge in [-0.25, -0.2) is 4.39 Å². The number of halogens is 1. The highest BCUT2D eigenvalue weighted by molar-refractivity contribution is 5.37. The first kappa shape index (κ1) is 14.5. The van der Waals surface area contributed by atoms with Gasteiger partial charge in [0, 0.05) is 6.04 Å². The van der Waals surface area contributed by atoms with Gasteiger partial charge in [-0.2, -0.15) is 0 Å². The first-order valence-corrected chi connectivity index (χ1v) is 7.54. The van der Waals surface area contributed by atoms with Crippen LogP contribution in [-0.4, -0.2) is 6.54 Å². The minimum atomic E-state index is -0.118. The molecule has 0 aliphatic heterocycles. The summed E-state index contributed by atoms with van der Waals surface area (Å²) >= 11 is 0. The van der Waals surface area contributed by atoms with Crippen molar-refractivity contribution in [1.29, 1.82) is 0 Å². The molecule has 0 bridgehead atoms. The predicted octanol–water partition coefficient (Wildman–Crippen LogP) is 4.53. The summed E-state index contributed by atoms with van der Waals surface area (Å²) in [7, 11) is 0. The summed E-state index contributed by atoms with van der Waals surface area (Å²) in [4.78, 5) is 0. The van der Waals surface area contributed by atoms with Gasteiger partial charge in [-0.05, 0) is 80.3 Å². The Labute approximate surface area is 116 Å². The molecule has 0 heterocycles. The fourth-order valence-electron chi connectivity index (χ4n) is 3.16. The van der Waals surface area contributed by atoms with Crippen molar-refractivity contribution in [3.05, 3.63) is 34.6 Å². The van der Waals surface area contributed by atoms with Crippen LogP contribution < -0.4 is 5.32 Å². The normalized spacial score (nSPS) is 18.4. The van der Waals surface area contributed by atoms with Crippen LogP contribution in [-0.2, 0) is 0 Å². The molecule has 2 rings (SSSR count). The summed E-state index contributed by atoms with van der Waals surface area (Å²) in [5.74, 6) is 1.36. The number of hydrogen-bond acceptors (Lipinski definition) is 1. The van der Waals surface area contributed by atoms with Crippen LogP contribution in [0.5, 0.6) is 0 Å². The highest BCUT2D eigenvalue weighted by Crippen LogP contribution is 2.43. The van der Waals surface area contributed by atoms with Gasteiger partial charge >= 0.3 is 0 Å². The SMILES string of the molecule is CCCNC(c1c(C)cc(F)cc1C)C(C)C1CC1. The Morgan fingerprint density at radius 3 is 2.32 bits per heavy atom. The lowest BCUT2D eigenvalue weighted by Crippen LogP contribution is -2.30. The van der Waals surface area contributed by atoms with Crippen LogP contribution in [0.15, 0.2) is 12.1 Å². The number of benzene rings is 1. The molecule has 2 unspecified atom stereocenters. The van der Waals surface area contributed by atoms with E-state index in [2.05, 4.69) is 19.2 Å². The summed E-state index contributed by atoms with van der Waals surface area (Å²) in [6.07, 6.45) is 3.84. The first-order chi connectivity index (χ1) is 9.04. The molecule has 1 N–H and O–H groups in total. The Bertz CT molecular complexity index is 414. The molecule has 1 fully saturated rings. The zero-order valence-corrected chi connectivity index (χ0v) is 12.6. The second-order valence-corrected chi connectivity index (χ2v) is 6.08. The molecule has 0 spiro atoms. The summed E-state index contributed by atoms with van der Waals surface area (Å²) in [6.45, 7) is 9.62. The number of nitrogens with one attached hydrogen (secondary N) is 1. The molecule has 2 heteroatoms. The van der Waals surface area contributed by atoms with Gasteiger partial charge in [-0.1, -0.05) is 13.8 Å². The average Bonchev–Trinajstić information content (AvgIpc) is 3.15. The number of hydrogen-bond donors (Lipinski definition) is 1. The zero-order valence-electron chi connectivity index (χ0n) is 12.6. The van der Waals surface area contributed by atoms with Crippen molar-refractivity contribution in [2.75, 3.05) is 6.54 Å². The van der Waals surface area contributed by atoms with Crippen LogP contribution in [0.4, 0.5) is 4.39 Å². The monoisotopic (exact) mass is 263 g/mol. The molecule has 1 nitrogen and oxygen atoms in total. The maximum Gasteiger partial charge on any atom is 0.123 e. The Hall–Kier alpha value is -0.890. The Morgan fingerprint density at radius 1 is 1.26 bits per heavy atom. The fourth-order valence-corrected chi connectivity index (χ4v) is 3.16. The molecule has 2 atom stereocenters. The van der Waals surface area contributed by atoms with Crippen LogP contribution >= 0.6 is 0 Å². The second kappa shape index (κ2) is 6.04. The Balaban J connectivity index is 2.31. The van der Waals surface area contributed by atoms with Crippen molar-refractivity contribution in [2.24, 2.45) is 11.8 Å². The molecule has 0 aromatic heterocycles. The molecule has 0 amide bonds. The molecule has 0 saturated heterocycles. The van der Waals surface area contributed by atoms with Gasteiger partial charge in [0.15, 0.2) is 0 Å². The molecular weight excluding hydrogens is 237 g/mol. The van der Waals surface area contributed by atoms with Crippen molar-refractivity contribution in [2.45, 2.75) is 53.0 Å². The summed E-state index contributed by atoms with van der Waals surface area (Å²) in [5, 5.41) is 3.69. The van der Waals surface area contributed by atoms with E-state index in [1.807, 2.05) is 13.8 Å². The van der Waals surface area contributed by atoms with Crippen molar-refractivity contribution in [3.63, 3.8) is 0 Å². The summed E-state index contributed by atoms with van der Waals surface area (Å²) < 4.78 is 13.5. The summed E-state index contributed by atoms with van der Waals surface area (Å²) in [5.41, 5.74) is 3.48. The highest BCUT2D eigenvalue weighted by atomic mass is 19.1. The average molecular weight is 263 g/mol. The van der Waals surface area contributed by atoms with Gasteiger partial charge in [0.25, 0.3) is 0 Å². The van der Waals surface area contributed by atoms with E-state index < -0.39 is 0 Å². The minimum Gasteiger partial charge on any atom is -0.310 e. The molecule has 106 valence electrons. The molecular formula is C17H26FN. The van der Waals surface area contributed by atoms with Crippen molar-refractivity contribution >= 4 is 0 Å². The fraction of sp³-hybridized carbons (Fsp3) is 0.647. The molecule has 1 aliphatic rings. The Kier molecular flexibility index (Phi) is 4.62.